The van der Waals surface area contributed by atoms with Gasteiger partial charge in [0.1, 0.15) is 5.82 Å². The first-order chi connectivity index (χ1) is 13.7. The second kappa shape index (κ2) is 12.7. The van der Waals surface area contributed by atoms with Crippen molar-refractivity contribution in [2.75, 3.05) is 33.3 Å². The third-order valence-corrected chi connectivity index (χ3v) is 5.78. The minimum absolute atomic E-state index is 0. The predicted molar refractivity (Wildman–Crippen MR) is 127 cm³/mol. The fourth-order valence-electron chi connectivity index (χ4n) is 4.35. The highest BCUT2D eigenvalue weighted by molar-refractivity contribution is 14.0. The quantitative estimate of drug-likeness (QED) is 0.312. The predicted octanol–water partition coefficient (Wildman–Crippen LogP) is 3.91. The lowest BCUT2D eigenvalue weighted by molar-refractivity contribution is 0.181. The SMILES string of the molecule is CCNC(=NCc1ccc(F)c(COC)c1)NC1CCN(CC2CCCC2)C1.I. The molecule has 3 rings (SSSR count). The van der Waals surface area contributed by atoms with Gasteiger partial charge in [-0.15, -0.1) is 24.0 Å². The van der Waals surface area contributed by atoms with Crippen LogP contribution in [0.5, 0.6) is 0 Å². The molecule has 0 aromatic heterocycles. The molecule has 1 aromatic rings. The number of nitrogens with one attached hydrogen (secondary N) is 2. The molecule has 7 heteroatoms. The number of aliphatic imine (C=N–C) groups is 1. The summed E-state index contributed by atoms with van der Waals surface area (Å²) in [6.45, 7) is 7.21. The van der Waals surface area contributed by atoms with Crippen LogP contribution < -0.4 is 10.6 Å². The maximum absolute atomic E-state index is 13.8. The van der Waals surface area contributed by atoms with Crippen LogP contribution in [0.4, 0.5) is 4.39 Å². The number of hydrogen-bond donors (Lipinski definition) is 2. The maximum Gasteiger partial charge on any atom is 0.191 e. The highest BCUT2D eigenvalue weighted by Gasteiger charge is 2.26. The molecule has 0 bridgehead atoms. The zero-order valence-corrected chi connectivity index (χ0v) is 20.1. The third kappa shape index (κ3) is 7.68. The highest BCUT2D eigenvalue weighted by atomic mass is 127. The van der Waals surface area contributed by atoms with Crippen LogP contribution in [0.2, 0.25) is 0 Å². The van der Waals surface area contributed by atoms with Gasteiger partial charge in [-0.3, -0.25) is 0 Å². The number of benzene rings is 1. The molecule has 1 unspecified atom stereocenters. The van der Waals surface area contributed by atoms with Crippen molar-refractivity contribution in [3.8, 4) is 0 Å². The van der Waals surface area contributed by atoms with Gasteiger partial charge < -0.3 is 20.3 Å². The van der Waals surface area contributed by atoms with E-state index in [1.54, 1.807) is 13.2 Å². The fraction of sp³-hybridized carbons (Fsp3) is 0.682. The summed E-state index contributed by atoms with van der Waals surface area (Å²) in [4.78, 5) is 7.32. The summed E-state index contributed by atoms with van der Waals surface area (Å²) in [5.41, 5.74) is 1.56. The number of halogens is 2. The van der Waals surface area contributed by atoms with Gasteiger partial charge in [0.15, 0.2) is 5.96 Å². The minimum Gasteiger partial charge on any atom is -0.380 e. The molecule has 1 aliphatic heterocycles. The molecule has 1 saturated carbocycles. The van der Waals surface area contributed by atoms with E-state index in [4.69, 9.17) is 9.73 Å². The molecule has 29 heavy (non-hydrogen) atoms. The number of guanidine groups is 1. The third-order valence-electron chi connectivity index (χ3n) is 5.78. The molecule has 164 valence electrons. The van der Waals surface area contributed by atoms with E-state index in [2.05, 4.69) is 22.5 Å². The number of methoxy groups -OCH3 is 1. The van der Waals surface area contributed by atoms with Crippen molar-refractivity contribution in [3.63, 3.8) is 0 Å². The Balaban J connectivity index is 0.00000300. The van der Waals surface area contributed by atoms with Crippen LogP contribution in [0.25, 0.3) is 0 Å². The van der Waals surface area contributed by atoms with Gasteiger partial charge >= 0.3 is 0 Å². The van der Waals surface area contributed by atoms with Crippen LogP contribution >= 0.6 is 24.0 Å². The Bertz CT molecular complexity index is 652. The molecule has 1 saturated heterocycles. The Morgan fingerprint density at radius 1 is 1.28 bits per heavy atom. The molecule has 2 N–H and O–H groups in total. The van der Waals surface area contributed by atoms with Crippen molar-refractivity contribution in [1.29, 1.82) is 0 Å². The van der Waals surface area contributed by atoms with Crippen LogP contribution in [0.1, 0.15) is 50.2 Å². The van der Waals surface area contributed by atoms with Gasteiger partial charge in [-0.1, -0.05) is 18.9 Å². The van der Waals surface area contributed by atoms with Gasteiger partial charge in [-0.05, 0) is 49.8 Å². The van der Waals surface area contributed by atoms with Crippen molar-refractivity contribution in [1.82, 2.24) is 15.5 Å². The molecule has 0 spiro atoms. The van der Waals surface area contributed by atoms with E-state index >= 15 is 0 Å². The molecule has 2 fully saturated rings. The molecule has 2 aliphatic rings. The van der Waals surface area contributed by atoms with Crippen molar-refractivity contribution < 1.29 is 9.13 Å². The van der Waals surface area contributed by atoms with Gasteiger partial charge in [0.05, 0.1) is 13.2 Å². The summed E-state index contributed by atoms with van der Waals surface area (Å²) >= 11 is 0. The molecule has 0 radical (unpaired) electrons. The second-order valence-corrected chi connectivity index (χ2v) is 8.09. The van der Waals surface area contributed by atoms with E-state index < -0.39 is 0 Å². The largest absolute Gasteiger partial charge is 0.380 e. The normalized spacial score (nSPS) is 20.7. The molecule has 5 nitrogen and oxygen atoms in total. The van der Waals surface area contributed by atoms with Crippen LogP contribution in [0.3, 0.4) is 0 Å². The Labute approximate surface area is 191 Å². The molecule has 1 atom stereocenters. The standard InChI is InChI=1S/C22H35FN4O.HI/c1-3-24-22(25-13-18-8-9-21(23)19(12-18)16-28-2)26-20-10-11-27(15-20)14-17-6-4-5-7-17;/h8-9,12,17,20H,3-7,10-11,13-16H2,1-2H3,(H2,24,25,26);1H. The zero-order chi connectivity index (χ0) is 19.8. The average molecular weight is 518 g/mol. The van der Waals surface area contributed by atoms with E-state index in [1.165, 1.54) is 44.8 Å². The van der Waals surface area contributed by atoms with E-state index in [-0.39, 0.29) is 36.4 Å². The van der Waals surface area contributed by atoms with Gasteiger partial charge in [-0.2, -0.15) is 0 Å². The number of ether oxygens (including phenoxy) is 1. The topological polar surface area (TPSA) is 48.9 Å². The van der Waals surface area contributed by atoms with Gasteiger partial charge in [0.25, 0.3) is 0 Å². The van der Waals surface area contributed by atoms with Gasteiger partial charge in [-0.25, -0.2) is 9.38 Å². The van der Waals surface area contributed by atoms with Crippen LogP contribution in [0, 0.1) is 11.7 Å². The smallest absolute Gasteiger partial charge is 0.191 e. The Kier molecular flexibility index (Phi) is 10.7. The minimum atomic E-state index is -0.229. The molecular formula is C22H36FIN4O. The first-order valence-corrected chi connectivity index (χ1v) is 10.7. The Morgan fingerprint density at radius 3 is 2.79 bits per heavy atom. The number of likely N-dealkylation sites (tertiary alicyclic amines) is 1. The second-order valence-electron chi connectivity index (χ2n) is 8.09. The van der Waals surface area contributed by atoms with Crippen LogP contribution in [-0.2, 0) is 17.9 Å². The number of nitrogens with zero attached hydrogens (tertiary/aromatic N) is 2. The van der Waals surface area contributed by atoms with E-state index in [1.807, 2.05) is 6.07 Å². The van der Waals surface area contributed by atoms with Gasteiger partial charge in [0, 0.05) is 44.9 Å². The first kappa shape index (κ1) is 24.3. The van der Waals surface area contributed by atoms with Crippen LogP contribution in [-0.4, -0.2) is 50.2 Å². The lowest BCUT2D eigenvalue weighted by atomic mass is 10.1. The van der Waals surface area contributed by atoms with Crippen molar-refractivity contribution in [2.45, 2.75) is 58.2 Å². The summed E-state index contributed by atoms with van der Waals surface area (Å²) in [5, 5.41) is 6.93. The van der Waals surface area contributed by atoms with E-state index in [0.717, 1.165) is 37.0 Å². The summed E-state index contributed by atoms with van der Waals surface area (Å²) in [6, 6.07) is 5.57. The van der Waals surface area contributed by atoms with Crippen molar-refractivity contribution in [3.05, 3.63) is 35.1 Å². The molecule has 1 aliphatic carbocycles. The summed E-state index contributed by atoms with van der Waals surface area (Å²) < 4.78 is 18.9. The van der Waals surface area contributed by atoms with Crippen molar-refractivity contribution >= 4 is 29.9 Å². The zero-order valence-electron chi connectivity index (χ0n) is 17.8. The maximum atomic E-state index is 13.8. The fourth-order valence-corrected chi connectivity index (χ4v) is 4.35. The highest BCUT2D eigenvalue weighted by Crippen LogP contribution is 2.26. The summed E-state index contributed by atoms with van der Waals surface area (Å²) in [7, 11) is 1.58. The summed E-state index contributed by atoms with van der Waals surface area (Å²) in [6.07, 6.45) is 6.79. The van der Waals surface area contributed by atoms with Crippen molar-refractivity contribution in [2.24, 2.45) is 10.9 Å². The van der Waals surface area contributed by atoms with Crippen LogP contribution in [0.15, 0.2) is 23.2 Å². The molecule has 1 aromatic carbocycles. The molecular weight excluding hydrogens is 482 g/mol. The number of rotatable bonds is 8. The molecule has 1 heterocycles. The van der Waals surface area contributed by atoms with Gasteiger partial charge in [0.2, 0.25) is 0 Å². The van der Waals surface area contributed by atoms with E-state index in [9.17, 15) is 4.39 Å². The Hall–Kier alpha value is -0.930. The molecule has 0 amide bonds. The summed E-state index contributed by atoms with van der Waals surface area (Å²) in [5.74, 6) is 1.51. The average Bonchev–Trinajstić information content (AvgIpc) is 3.35. The first-order valence-electron chi connectivity index (χ1n) is 10.7. The number of hydrogen-bond acceptors (Lipinski definition) is 3. The van der Waals surface area contributed by atoms with E-state index in [0.29, 0.717) is 18.2 Å². The Morgan fingerprint density at radius 2 is 2.07 bits per heavy atom. The monoisotopic (exact) mass is 518 g/mol. The lowest BCUT2D eigenvalue weighted by Gasteiger charge is -2.21. The lowest BCUT2D eigenvalue weighted by Crippen LogP contribution is -2.44.